The summed E-state index contributed by atoms with van der Waals surface area (Å²) >= 11 is 0.960. The SMILES string of the molecule is O=C(O)c1cc(NS(=O)(=O)c2csc(-c3ccc(F)cc3)n2)c(F)cc1F. The van der Waals surface area contributed by atoms with Crippen LogP contribution in [-0.2, 0) is 10.0 Å². The van der Waals surface area contributed by atoms with Crippen molar-refractivity contribution in [2.45, 2.75) is 5.03 Å². The number of carbonyl (C=O) groups is 1. The Morgan fingerprint density at radius 1 is 1.07 bits per heavy atom. The van der Waals surface area contributed by atoms with Crippen LogP contribution in [0.1, 0.15) is 10.4 Å². The van der Waals surface area contributed by atoms with Gasteiger partial charge in [-0.05, 0) is 30.3 Å². The molecule has 0 amide bonds. The van der Waals surface area contributed by atoms with Crippen LogP contribution in [0.3, 0.4) is 0 Å². The maximum atomic E-state index is 13.8. The third-order valence-electron chi connectivity index (χ3n) is 3.38. The van der Waals surface area contributed by atoms with Gasteiger partial charge in [-0.15, -0.1) is 11.3 Å². The minimum Gasteiger partial charge on any atom is -0.478 e. The number of nitrogens with one attached hydrogen (secondary N) is 1. The molecule has 0 aliphatic rings. The number of hydrogen-bond donors (Lipinski definition) is 2. The number of benzene rings is 2. The van der Waals surface area contributed by atoms with Crippen molar-refractivity contribution in [3.05, 3.63) is 64.8 Å². The minimum absolute atomic E-state index is 0.270. The van der Waals surface area contributed by atoms with Crippen molar-refractivity contribution in [3.63, 3.8) is 0 Å². The van der Waals surface area contributed by atoms with Gasteiger partial charge in [-0.25, -0.2) is 22.9 Å². The van der Waals surface area contributed by atoms with Crippen LogP contribution in [0.15, 0.2) is 46.8 Å². The number of halogens is 3. The zero-order valence-corrected chi connectivity index (χ0v) is 14.7. The fourth-order valence-corrected chi connectivity index (χ4v) is 4.25. The van der Waals surface area contributed by atoms with Gasteiger partial charge in [0.15, 0.2) is 5.03 Å². The smallest absolute Gasteiger partial charge is 0.338 e. The van der Waals surface area contributed by atoms with Crippen LogP contribution < -0.4 is 4.72 Å². The summed E-state index contributed by atoms with van der Waals surface area (Å²) < 4.78 is 66.8. The molecule has 0 radical (unpaired) electrons. The molecule has 1 aromatic heterocycles. The Kier molecular flexibility index (Phi) is 4.89. The summed E-state index contributed by atoms with van der Waals surface area (Å²) in [5.74, 6) is -4.77. The average Bonchev–Trinajstić information content (AvgIpc) is 3.08. The van der Waals surface area contributed by atoms with Gasteiger partial charge >= 0.3 is 5.97 Å². The molecule has 0 saturated carbocycles. The summed E-state index contributed by atoms with van der Waals surface area (Å²) in [7, 11) is -4.37. The highest BCUT2D eigenvalue weighted by atomic mass is 32.2. The molecule has 2 N–H and O–H groups in total. The molecule has 0 spiro atoms. The summed E-state index contributed by atoms with van der Waals surface area (Å²) in [4.78, 5) is 14.8. The number of thiazole rings is 1. The van der Waals surface area contributed by atoms with Crippen molar-refractivity contribution >= 4 is 33.0 Å². The first-order valence-corrected chi connectivity index (χ1v) is 9.50. The van der Waals surface area contributed by atoms with Crippen molar-refractivity contribution in [3.8, 4) is 10.6 Å². The van der Waals surface area contributed by atoms with Gasteiger partial charge in [-0.3, -0.25) is 4.72 Å². The first-order chi connectivity index (χ1) is 12.7. The van der Waals surface area contributed by atoms with Crippen LogP contribution in [-0.4, -0.2) is 24.5 Å². The highest BCUT2D eigenvalue weighted by Crippen LogP contribution is 2.28. The molecular weight excluding hydrogens is 405 g/mol. The van der Waals surface area contributed by atoms with E-state index in [1.54, 1.807) is 0 Å². The highest BCUT2D eigenvalue weighted by molar-refractivity contribution is 7.92. The van der Waals surface area contributed by atoms with Gasteiger partial charge in [-0.1, -0.05) is 0 Å². The molecule has 0 atom stereocenters. The predicted molar refractivity (Wildman–Crippen MR) is 91.6 cm³/mol. The fraction of sp³-hybridized carbons (Fsp3) is 0. The summed E-state index contributed by atoms with van der Waals surface area (Å²) in [6, 6.07) is 6.01. The quantitative estimate of drug-likeness (QED) is 0.663. The Morgan fingerprint density at radius 3 is 2.37 bits per heavy atom. The van der Waals surface area contributed by atoms with Crippen LogP contribution in [0.5, 0.6) is 0 Å². The third kappa shape index (κ3) is 3.93. The van der Waals surface area contributed by atoms with Gasteiger partial charge in [0.25, 0.3) is 10.0 Å². The number of carboxylic acid groups (broad SMARTS) is 1. The lowest BCUT2D eigenvalue weighted by Gasteiger charge is -2.08. The molecule has 140 valence electrons. The maximum Gasteiger partial charge on any atom is 0.338 e. The van der Waals surface area contributed by atoms with Crippen molar-refractivity contribution in [1.29, 1.82) is 0 Å². The second-order valence-corrected chi connectivity index (χ2v) is 7.71. The zero-order chi connectivity index (χ0) is 19.8. The van der Waals surface area contributed by atoms with Crippen molar-refractivity contribution in [2.24, 2.45) is 0 Å². The van der Waals surface area contributed by atoms with E-state index in [1.165, 1.54) is 29.6 Å². The van der Waals surface area contributed by atoms with Crippen LogP contribution in [0.2, 0.25) is 0 Å². The second kappa shape index (κ2) is 7.00. The molecule has 11 heteroatoms. The van der Waals surface area contributed by atoms with E-state index < -0.39 is 49.7 Å². The van der Waals surface area contributed by atoms with E-state index in [1.807, 2.05) is 4.72 Å². The van der Waals surface area contributed by atoms with E-state index in [9.17, 15) is 26.4 Å². The second-order valence-electron chi connectivity index (χ2n) is 5.22. The maximum absolute atomic E-state index is 13.8. The van der Waals surface area contributed by atoms with Crippen molar-refractivity contribution in [1.82, 2.24) is 4.98 Å². The van der Waals surface area contributed by atoms with Crippen molar-refractivity contribution in [2.75, 3.05) is 4.72 Å². The number of aromatic carboxylic acids is 1. The first kappa shape index (κ1) is 18.9. The number of rotatable bonds is 5. The summed E-state index contributed by atoms with van der Waals surface area (Å²) in [6.07, 6.45) is 0. The molecular formula is C16H9F3N2O4S2. The van der Waals surface area contributed by atoms with Gasteiger partial charge in [0, 0.05) is 17.0 Å². The van der Waals surface area contributed by atoms with Gasteiger partial charge in [0.1, 0.15) is 22.5 Å². The Balaban J connectivity index is 1.93. The molecule has 2 aromatic carbocycles. The zero-order valence-electron chi connectivity index (χ0n) is 13.1. The Hall–Kier alpha value is -2.92. The number of carboxylic acids is 1. The first-order valence-electron chi connectivity index (χ1n) is 7.14. The van der Waals surface area contributed by atoms with E-state index in [4.69, 9.17) is 5.11 Å². The monoisotopic (exact) mass is 414 g/mol. The Bertz CT molecular complexity index is 1130. The van der Waals surface area contributed by atoms with Crippen LogP contribution in [0.25, 0.3) is 10.6 Å². The molecule has 3 aromatic rings. The Labute approximate surface area is 155 Å². The molecule has 0 bridgehead atoms. The fourth-order valence-electron chi connectivity index (χ4n) is 2.10. The van der Waals surface area contributed by atoms with Crippen molar-refractivity contribution < 1.29 is 31.5 Å². The van der Waals surface area contributed by atoms with E-state index in [2.05, 4.69) is 4.98 Å². The number of nitrogens with zero attached hydrogens (tertiary/aromatic N) is 1. The molecule has 6 nitrogen and oxygen atoms in total. The largest absolute Gasteiger partial charge is 0.478 e. The molecule has 0 aliphatic heterocycles. The van der Waals surface area contributed by atoms with E-state index in [0.717, 1.165) is 11.3 Å². The lowest BCUT2D eigenvalue weighted by molar-refractivity contribution is 0.0692. The summed E-state index contributed by atoms with van der Waals surface area (Å²) in [5, 5.41) is 9.88. The summed E-state index contributed by atoms with van der Waals surface area (Å²) in [5.41, 5.74) is -1.14. The van der Waals surface area contributed by atoms with Gasteiger partial charge in [0.2, 0.25) is 0 Å². The molecule has 0 saturated heterocycles. The predicted octanol–water partition coefficient (Wildman–Crippen LogP) is 3.73. The summed E-state index contributed by atoms with van der Waals surface area (Å²) in [6.45, 7) is 0. The minimum atomic E-state index is -4.37. The molecule has 0 unspecified atom stereocenters. The standard InChI is InChI=1S/C16H9F3N2O4S2/c17-9-3-1-8(2-4-9)15-20-14(7-26-15)27(24,25)21-13-5-10(16(22)23)11(18)6-12(13)19/h1-7,21H,(H,22,23). The number of anilines is 1. The topological polar surface area (TPSA) is 96.4 Å². The molecule has 3 rings (SSSR count). The highest BCUT2D eigenvalue weighted by Gasteiger charge is 2.23. The molecule has 27 heavy (non-hydrogen) atoms. The average molecular weight is 414 g/mol. The van der Waals surface area contributed by atoms with Crippen LogP contribution in [0, 0.1) is 17.5 Å². The van der Waals surface area contributed by atoms with E-state index in [-0.39, 0.29) is 11.1 Å². The van der Waals surface area contributed by atoms with E-state index >= 15 is 0 Å². The Morgan fingerprint density at radius 2 is 1.74 bits per heavy atom. The van der Waals surface area contributed by atoms with Gasteiger partial charge in [-0.2, -0.15) is 8.42 Å². The molecule has 0 fully saturated rings. The van der Waals surface area contributed by atoms with Crippen LogP contribution >= 0.6 is 11.3 Å². The van der Waals surface area contributed by atoms with E-state index in [0.29, 0.717) is 11.6 Å². The normalized spacial score (nSPS) is 11.4. The molecule has 0 aliphatic carbocycles. The lowest BCUT2D eigenvalue weighted by Crippen LogP contribution is -2.15. The number of hydrogen-bond acceptors (Lipinski definition) is 5. The third-order valence-corrected chi connectivity index (χ3v) is 5.67. The lowest BCUT2D eigenvalue weighted by atomic mass is 10.2. The van der Waals surface area contributed by atoms with Crippen LogP contribution in [0.4, 0.5) is 18.9 Å². The number of aromatic nitrogens is 1. The number of sulfonamides is 1. The van der Waals surface area contributed by atoms with Gasteiger partial charge in [0.05, 0.1) is 11.3 Å². The van der Waals surface area contributed by atoms with Gasteiger partial charge < -0.3 is 5.11 Å². The molecule has 1 heterocycles.